The summed E-state index contributed by atoms with van der Waals surface area (Å²) in [5.41, 5.74) is 13.6. The van der Waals surface area contributed by atoms with Gasteiger partial charge in [0.1, 0.15) is 0 Å². The van der Waals surface area contributed by atoms with E-state index in [0.717, 1.165) is 33.3 Å². The van der Waals surface area contributed by atoms with Gasteiger partial charge in [-0.25, -0.2) is 0 Å². The lowest BCUT2D eigenvalue weighted by atomic mass is 9.65. The van der Waals surface area contributed by atoms with Crippen molar-refractivity contribution in [1.82, 2.24) is 9.97 Å². The van der Waals surface area contributed by atoms with Crippen molar-refractivity contribution in [2.45, 2.75) is 57.8 Å². The number of fused-ring (bicyclic) bond motifs is 5. The fraction of sp³-hybridized carbons (Fsp3) is 0.176. The van der Waals surface area contributed by atoms with E-state index in [-0.39, 0.29) is 10.8 Å². The predicted octanol–water partition coefficient (Wildman–Crippen LogP) is 13.1. The van der Waals surface area contributed by atoms with Crippen molar-refractivity contribution in [2.75, 3.05) is 0 Å². The normalized spacial score (nSPS) is 13.6. The van der Waals surface area contributed by atoms with E-state index >= 15 is 0 Å². The molecule has 0 amide bonds. The summed E-state index contributed by atoms with van der Waals surface area (Å²) in [4.78, 5) is 10.1. The molecule has 1 aliphatic carbocycles. The second-order valence-electron chi connectivity index (χ2n) is 16.7. The predicted molar refractivity (Wildman–Crippen MR) is 223 cm³/mol. The quantitative estimate of drug-likeness (QED) is 0.184. The van der Waals surface area contributed by atoms with Gasteiger partial charge in [-0.2, -0.15) is 0 Å². The zero-order chi connectivity index (χ0) is 36.5. The molecule has 0 fully saturated rings. The van der Waals surface area contributed by atoms with Crippen LogP contribution in [0.3, 0.4) is 0 Å². The summed E-state index contributed by atoms with van der Waals surface area (Å²) in [6, 6.07) is 54.1. The Labute approximate surface area is 313 Å². The maximum atomic E-state index is 5.07. The molecule has 1 aliphatic rings. The number of rotatable bonds is 4. The molecule has 0 saturated heterocycles. The van der Waals surface area contributed by atoms with Gasteiger partial charge >= 0.3 is 0 Å². The molecule has 6 aromatic carbocycles. The number of benzene rings is 6. The van der Waals surface area contributed by atoms with Crippen molar-refractivity contribution in [3.8, 4) is 33.6 Å². The molecule has 53 heavy (non-hydrogen) atoms. The second kappa shape index (κ2) is 12.1. The molecule has 0 aliphatic heterocycles. The third-order valence-corrected chi connectivity index (χ3v) is 11.3. The van der Waals surface area contributed by atoms with Crippen molar-refractivity contribution in [3.05, 3.63) is 191 Å². The Kier molecular flexibility index (Phi) is 7.54. The molecule has 2 nitrogen and oxygen atoms in total. The Bertz CT molecular complexity index is 2650. The number of aromatic nitrogens is 2. The fourth-order valence-electron chi connectivity index (χ4n) is 8.45. The van der Waals surface area contributed by atoms with Gasteiger partial charge in [0.15, 0.2) is 0 Å². The molecule has 0 atom stereocenters. The maximum absolute atomic E-state index is 5.07. The van der Waals surface area contributed by atoms with Gasteiger partial charge in [-0.15, -0.1) is 0 Å². The monoisotopic (exact) mass is 684 g/mol. The van der Waals surface area contributed by atoms with Crippen LogP contribution in [0.25, 0.3) is 55.2 Å². The molecule has 2 heterocycles. The summed E-state index contributed by atoms with van der Waals surface area (Å²) >= 11 is 0. The minimum absolute atomic E-state index is 0.105. The molecular formula is C51H44N2. The van der Waals surface area contributed by atoms with Crippen LogP contribution in [0.1, 0.15) is 74.9 Å². The zero-order valence-electron chi connectivity index (χ0n) is 31.4. The van der Waals surface area contributed by atoms with E-state index in [1.807, 2.05) is 12.4 Å². The summed E-state index contributed by atoms with van der Waals surface area (Å²) in [5, 5.41) is 4.69. The van der Waals surface area contributed by atoms with Gasteiger partial charge < -0.3 is 0 Å². The highest BCUT2D eigenvalue weighted by Gasteiger charge is 2.47. The van der Waals surface area contributed by atoms with E-state index in [9.17, 15) is 0 Å². The van der Waals surface area contributed by atoms with Crippen LogP contribution in [0.4, 0.5) is 0 Å². The van der Waals surface area contributed by atoms with Gasteiger partial charge in [0.05, 0.1) is 16.8 Å². The lowest BCUT2D eigenvalue weighted by Crippen LogP contribution is -2.30. The average Bonchev–Trinajstić information content (AvgIpc) is 3.47. The largest absolute Gasteiger partial charge is 0.256 e. The summed E-state index contributed by atoms with van der Waals surface area (Å²) < 4.78 is 0. The molecule has 0 radical (unpaired) electrons. The molecule has 0 saturated carbocycles. The Morgan fingerprint density at radius 3 is 1.62 bits per heavy atom. The molecule has 0 unspecified atom stereocenters. The number of hydrogen-bond acceptors (Lipinski definition) is 2. The highest BCUT2D eigenvalue weighted by Crippen LogP contribution is 2.57. The van der Waals surface area contributed by atoms with Crippen LogP contribution in [0.15, 0.2) is 158 Å². The van der Waals surface area contributed by atoms with Gasteiger partial charge in [0.25, 0.3) is 0 Å². The van der Waals surface area contributed by atoms with Crippen LogP contribution >= 0.6 is 0 Å². The van der Waals surface area contributed by atoms with Crippen LogP contribution in [-0.2, 0) is 16.2 Å². The summed E-state index contributed by atoms with van der Waals surface area (Å²) in [6.07, 6.45) is 3.97. The first-order chi connectivity index (χ1) is 25.5. The molecule has 0 N–H and O–H groups in total. The molecule has 2 heteroatoms. The summed E-state index contributed by atoms with van der Waals surface area (Å²) in [7, 11) is 0. The van der Waals surface area contributed by atoms with Gasteiger partial charge in [-0.1, -0.05) is 151 Å². The Hall–Kier alpha value is -5.86. The number of pyridine rings is 2. The van der Waals surface area contributed by atoms with Gasteiger partial charge in [0.2, 0.25) is 0 Å². The molecule has 8 aromatic rings. The third-order valence-electron chi connectivity index (χ3n) is 11.3. The minimum Gasteiger partial charge on any atom is -0.256 e. The second-order valence-corrected chi connectivity index (χ2v) is 16.7. The van der Waals surface area contributed by atoms with Crippen LogP contribution in [0.2, 0.25) is 0 Å². The number of hydrogen-bond donors (Lipinski definition) is 0. The van der Waals surface area contributed by atoms with E-state index in [4.69, 9.17) is 9.97 Å². The Balaban J connectivity index is 1.42. The summed E-state index contributed by atoms with van der Waals surface area (Å²) in [5.74, 6) is 0. The maximum Gasteiger partial charge on any atom is 0.0780 e. The van der Waals surface area contributed by atoms with E-state index in [2.05, 4.69) is 187 Å². The zero-order valence-corrected chi connectivity index (χ0v) is 31.4. The summed E-state index contributed by atoms with van der Waals surface area (Å²) in [6.45, 7) is 13.9. The van der Waals surface area contributed by atoms with Gasteiger partial charge in [0, 0.05) is 34.3 Å². The van der Waals surface area contributed by atoms with Crippen molar-refractivity contribution in [1.29, 1.82) is 0 Å². The lowest BCUT2D eigenvalue weighted by Gasteiger charge is -2.37. The van der Waals surface area contributed by atoms with Crippen molar-refractivity contribution in [3.63, 3.8) is 0 Å². The van der Waals surface area contributed by atoms with E-state index < -0.39 is 5.41 Å². The third kappa shape index (κ3) is 5.39. The van der Waals surface area contributed by atoms with Gasteiger partial charge in [-0.3, -0.25) is 9.97 Å². The number of nitrogens with zero attached hydrogens (tertiary/aromatic N) is 2. The molecule has 0 bridgehead atoms. The van der Waals surface area contributed by atoms with Crippen LogP contribution in [0.5, 0.6) is 0 Å². The molecule has 2 aromatic heterocycles. The van der Waals surface area contributed by atoms with Crippen molar-refractivity contribution < 1.29 is 0 Å². The first-order valence-corrected chi connectivity index (χ1v) is 18.7. The van der Waals surface area contributed by atoms with Crippen molar-refractivity contribution in [2.24, 2.45) is 0 Å². The molecular weight excluding hydrogens is 641 g/mol. The van der Waals surface area contributed by atoms with Crippen LogP contribution in [-0.4, -0.2) is 9.97 Å². The van der Waals surface area contributed by atoms with Crippen LogP contribution < -0.4 is 0 Å². The molecule has 258 valence electrons. The first-order valence-electron chi connectivity index (χ1n) is 18.7. The topological polar surface area (TPSA) is 25.8 Å². The van der Waals surface area contributed by atoms with Crippen LogP contribution in [0, 0.1) is 0 Å². The molecule has 0 spiro atoms. The average molecular weight is 685 g/mol. The van der Waals surface area contributed by atoms with E-state index in [0.29, 0.717) is 0 Å². The molecule has 9 rings (SSSR count). The Morgan fingerprint density at radius 1 is 0.453 bits per heavy atom. The smallest absolute Gasteiger partial charge is 0.0780 e. The highest BCUT2D eigenvalue weighted by atomic mass is 14.7. The fourth-order valence-corrected chi connectivity index (χ4v) is 8.45. The standard InChI is InChI=1S/C51H44N2/c1-49(2,3)38-25-36(47-29-34-16-7-8-17-35(34)32-53-47)26-40(30-38)51(45-21-13-11-19-43(45)44-20-12-14-22-46(44)51)41-28-37(27-39(31-41)50(4,5)6)48-42-18-10-9-15-33(42)23-24-52-48/h7-32H,1-6H3. The Morgan fingerprint density at radius 2 is 0.981 bits per heavy atom. The van der Waals surface area contributed by atoms with Gasteiger partial charge in [-0.05, 0) is 103 Å². The SMILES string of the molecule is CC(C)(C)c1cc(-c2cc3ccccc3cn2)cc(C2(c3cc(-c4nccc5ccccc45)cc(C(C)(C)C)c3)c3ccccc3-c3ccccc32)c1. The first kappa shape index (κ1) is 33.0. The van der Waals surface area contributed by atoms with E-state index in [1.165, 1.54) is 55.3 Å². The van der Waals surface area contributed by atoms with Crippen molar-refractivity contribution >= 4 is 21.5 Å². The lowest BCUT2D eigenvalue weighted by molar-refractivity contribution is 0.585. The highest BCUT2D eigenvalue weighted by molar-refractivity contribution is 5.95. The van der Waals surface area contributed by atoms with E-state index in [1.54, 1.807) is 0 Å². The minimum atomic E-state index is -0.610.